The predicted octanol–water partition coefficient (Wildman–Crippen LogP) is 1.89. The lowest BCUT2D eigenvalue weighted by molar-refractivity contribution is -0.123. The van der Waals surface area contributed by atoms with E-state index in [1.807, 2.05) is 0 Å². The fourth-order valence-electron chi connectivity index (χ4n) is 2.04. The number of benzene rings is 1. The molecular weight excluding hydrogens is 256 g/mol. The number of hydrogen-bond donors (Lipinski definition) is 2. The average Bonchev–Trinajstić information content (AvgIpc) is 2.73. The number of carbonyl (C=O) groups is 1. The number of halogens is 1. The van der Waals surface area contributed by atoms with Crippen LogP contribution in [0.15, 0.2) is 12.1 Å². The molecule has 0 atom stereocenters. The molecule has 1 saturated carbocycles. The second kappa shape index (κ2) is 4.03. The van der Waals surface area contributed by atoms with Gasteiger partial charge in [-0.25, -0.2) is 0 Å². The molecule has 0 spiro atoms. The van der Waals surface area contributed by atoms with E-state index in [4.69, 9.17) is 26.8 Å². The summed E-state index contributed by atoms with van der Waals surface area (Å²) in [5, 5.41) is 3.16. The van der Waals surface area contributed by atoms with E-state index in [9.17, 15) is 4.79 Å². The normalized spacial score (nSPS) is 19.2. The van der Waals surface area contributed by atoms with Gasteiger partial charge in [-0.1, -0.05) is 11.6 Å². The summed E-state index contributed by atoms with van der Waals surface area (Å²) in [6, 6.07) is 3.29. The summed E-state index contributed by atoms with van der Waals surface area (Å²) in [4.78, 5) is 12.0. The number of carbonyl (C=O) groups excluding carboxylic acids is 1. The quantitative estimate of drug-likeness (QED) is 0.859. The summed E-state index contributed by atoms with van der Waals surface area (Å²) in [5.74, 6) is 0.966. The van der Waals surface area contributed by atoms with Gasteiger partial charge in [0.05, 0.1) is 16.2 Å². The van der Waals surface area contributed by atoms with Crippen LogP contribution in [-0.4, -0.2) is 18.2 Å². The smallest absolute Gasteiger partial charge is 0.244 e. The van der Waals surface area contributed by atoms with E-state index in [1.54, 1.807) is 12.1 Å². The molecule has 1 heterocycles. The molecule has 1 aliphatic carbocycles. The maximum Gasteiger partial charge on any atom is 0.244 e. The summed E-state index contributed by atoms with van der Waals surface area (Å²) in [5.41, 5.74) is 5.70. The minimum absolute atomic E-state index is 0.171. The second-order valence-corrected chi connectivity index (χ2v) is 5.06. The Morgan fingerprint density at radius 2 is 2.00 bits per heavy atom. The molecule has 0 unspecified atom stereocenters. The summed E-state index contributed by atoms with van der Waals surface area (Å²) < 4.78 is 10.4. The van der Waals surface area contributed by atoms with Crippen LogP contribution in [0.2, 0.25) is 5.02 Å². The first-order valence-corrected chi connectivity index (χ1v) is 6.16. The van der Waals surface area contributed by atoms with Crippen molar-refractivity contribution in [1.29, 1.82) is 0 Å². The van der Waals surface area contributed by atoms with Crippen LogP contribution in [0.3, 0.4) is 0 Å². The van der Waals surface area contributed by atoms with Crippen molar-refractivity contribution < 1.29 is 14.3 Å². The first kappa shape index (κ1) is 11.6. The molecule has 3 N–H and O–H groups in total. The molecule has 6 heteroatoms. The van der Waals surface area contributed by atoms with Crippen LogP contribution < -0.4 is 20.5 Å². The molecule has 1 fully saturated rings. The van der Waals surface area contributed by atoms with E-state index in [1.165, 1.54) is 0 Å². The molecule has 0 aromatic heterocycles. The molecule has 3 rings (SSSR count). The topological polar surface area (TPSA) is 73.6 Å². The molecule has 2 aliphatic rings. The highest BCUT2D eigenvalue weighted by Crippen LogP contribution is 2.40. The summed E-state index contributed by atoms with van der Waals surface area (Å²) in [6.45, 7) is 0.171. The van der Waals surface area contributed by atoms with Gasteiger partial charge < -0.3 is 20.5 Å². The predicted molar refractivity (Wildman–Crippen MR) is 67.0 cm³/mol. The maximum absolute atomic E-state index is 12.0. The number of nitrogens with two attached hydrogens (primary N) is 1. The molecular formula is C12H13ClN2O3. The van der Waals surface area contributed by atoms with E-state index >= 15 is 0 Å². The maximum atomic E-state index is 12.0. The van der Waals surface area contributed by atoms with E-state index < -0.39 is 5.54 Å². The van der Waals surface area contributed by atoms with Crippen molar-refractivity contribution in [2.75, 3.05) is 12.1 Å². The van der Waals surface area contributed by atoms with Gasteiger partial charge in [0, 0.05) is 12.1 Å². The molecule has 1 aromatic carbocycles. The van der Waals surface area contributed by atoms with Gasteiger partial charge in [-0.2, -0.15) is 0 Å². The minimum atomic E-state index is -0.750. The van der Waals surface area contributed by atoms with Gasteiger partial charge in [-0.05, 0) is 19.3 Å². The first-order chi connectivity index (χ1) is 8.58. The summed E-state index contributed by atoms with van der Waals surface area (Å²) >= 11 is 6.07. The number of nitrogens with one attached hydrogen (secondary N) is 1. The van der Waals surface area contributed by atoms with Crippen molar-refractivity contribution >= 4 is 23.2 Å². The van der Waals surface area contributed by atoms with Gasteiger partial charge in [0.15, 0.2) is 11.5 Å². The average molecular weight is 269 g/mol. The Hall–Kier alpha value is -1.46. The molecule has 0 bridgehead atoms. The standard InChI is InChI=1S/C12H13ClN2O3/c13-7-4-9-10(18-6-17-9)5-8(7)15-11(16)12(14)2-1-3-12/h4-5H,1-3,6,14H2,(H,15,16). The van der Waals surface area contributed by atoms with Crippen LogP contribution in [0, 0.1) is 0 Å². The zero-order chi connectivity index (χ0) is 12.8. The first-order valence-electron chi connectivity index (χ1n) is 5.78. The van der Waals surface area contributed by atoms with Gasteiger partial charge in [0.2, 0.25) is 12.7 Å². The molecule has 96 valence electrons. The third-order valence-corrected chi connectivity index (χ3v) is 3.72. The molecule has 1 amide bonds. The fraction of sp³-hybridized carbons (Fsp3) is 0.417. The van der Waals surface area contributed by atoms with Crippen molar-refractivity contribution in [3.8, 4) is 11.5 Å². The molecule has 0 radical (unpaired) electrons. The van der Waals surface area contributed by atoms with E-state index in [-0.39, 0.29) is 12.7 Å². The molecule has 1 aromatic rings. The Bertz CT molecular complexity index is 514. The molecule has 1 aliphatic heterocycles. The third kappa shape index (κ3) is 1.79. The van der Waals surface area contributed by atoms with Crippen LogP contribution in [0.5, 0.6) is 11.5 Å². The van der Waals surface area contributed by atoms with Crippen molar-refractivity contribution in [3.05, 3.63) is 17.2 Å². The monoisotopic (exact) mass is 268 g/mol. The van der Waals surface area contributed by atoms with Gasteiger partial charge in [-0.15, -0.1) is 0 Å². The van der Waals surface area contributed by atoms with Crippen molar-refractivity contribution in [3.63, 3.8) is 0 Å². The summed E-state index contributed by atoms with van der Waals surface area (Å²) in [6.07, 6.45) is 2.40. The molecule has 5 nitrogen and oxygen atoms in total. The lowest BCUT2D eigenvalue weighted by Gasteiger charge is -2.36. The zero-order valence-corrected chi connectivity index (χ0v) is 10.4. The van der Waals surface area contributed by atoms with Gasteiger partial charge in [-0.3, -0.25) is 4.79 Å². The Morgan fingerprint density at radius 3 is 2.61 bits per heavy atom. The number of ether oxygens (including phenoxy) is 2. The zero-order valence-electron chi connectivity index (χ0n) is 9.66. The lowest BCUT2D eigenvalue weighted by Crippen LogP contribution is -2.56. The van der Waals surface area contributed by atoms with Crippen molar-refractivity contribution in [1.82, 2.24) is 0 Å². The third-order valence-electron chi connectivity index (χ3n) is 3.41. The van der Waals surface area contributed by atoms with Crippen LogP contribution in [0.4, 0.5) is 5.69 Å². The number of rotatable bonds is 2. The highest BCUT2D eigenvalue weighted by molar-refractivity contribution is 6.34. The highest BCUT2D eigenvalue weighted by atomic mass is 35.5. The Morgan fingerprint density at radius 1 is 1.33 bits per heavy atom. The molecule has 0 saturated heterocycles. The SMILES string of the molecule is NC1(C(=O)Nc2cc3c(cc2Cl)OCO3)CCC1. The van der Waals surface area contributed by atoms with Crippen molar-refractivity contribution in [2.45, 2.75) is 24.8 Å². The fourth-order valence-corrected chi connectivity index (χ4v) is 2.25. The Kier molecular flexibility index (Phi) is 2.60. The van der Waals surface area contributed by atoms with Gasteiger partial charge in [0.25, 0.3) is 0 Å². The number of amides is 1. The Labute approximate surface area is 109 Å². The second-order valence-electron chi connectivity index (χ2n) is 4.65. The van der Waals surface area contributed by atoms with E-state index in [0.717, 1.165) is 6.42 Å². The largest absolute Gasteiger partial charge is 0.454 e. The van der Waals surface area contributed by atoms with Crippen LogP contribution in [0.1, 0.15) is 19.3 Å². The van der Waals surface area contributed by atoms with Gasteiger partial charge in [0.1, 0.15) is 0 Å². The van der Waals surface area contributed by atoms with Crippen LogP contribution >= 0.6 is 11.6 Å². The van der Waals surface area contributed by atoms with Crippen LogP contribution in [-0.2, 0) is 4.79 Å². The van der Waals surface area contributed by atoms with E-state index in [0.29, 0.717) is 35.1 Å². The summed E-state index contributed by atoms with van der Waals surface area (Å²) in [7, 11) is 0. The van der Waals surface area contributed by atoms with E-state index in [2.05, 4.69) is 5.32 Å². The minimum Gasteiger partial charge on any atom is -0.454 e. The number of fused-ring (bicyclic) bond motifs is 1. The Balaban J connectivity index is 1.82. The molecule has 18 heavy (non-hydrogen) atoms. The highest BCUT2D eigenvalue weighted by Gasteiger charge is 2.40. The number of hydrogen-bond acceptors (Lipinski definition) is 4. The van der Waals surface area contributed by atoms with Gasteiger partial charge >= 0.3 is 0 Å². The number of anilines is 1. The lowest BCUT2D eigenvalue weighted by atomic mass is 9.77. The van der Waals surface area contributed by atoms with Crippen molar-refractivity contribution in [2.24, 2.45) is 5.73 Å². The van der Waals surface area contributed by atoms with Crippen LogP contribution in [0.25, 0.3) is 0 Å².